The number of amidine groups is 1. The molecule has 2 atom stereocenters. The van der Waals surface area contributed by atoms with Crippen molar-refractivity contribution in [2.75, 3.05) is 33.4 Å². The molecule has 1 saturated heterocycles. The summed E-state index contributed by atoms with van der Waals surface area (Å²) in [4.78, 5) is 19.5. The molecule has 2 unspecified atom stereocenters. The Balaban J connectivity index is 1.80. The smallest absolute Gasteiger partial charge is 0.245 e. The number of nitrogens with zero attached hydrogens (tertiary/aromatic N) is 3. The number of rotatable bonds is 12. The van der Waals surface area contributed by atoms with Gasteiger partial charge >= 0.3 is 0 Å². The summed E-state index contributed by atoms with van der Waals surface area (Å²) < 4.78 is 2.32. The second-order valence-corrected chi connectivity index (χ2v) is 9.29. The van der Waals surface area contributed by atoms with E-state index in [-0.39, 0.29) is 24.6 Å². The van der Waals surface area contributed by atoms with Crippen molar-refractivity contribution in [3.05, 3.63) is 34.9 Å². The van der Waals surface area contributed by atoms with Gasteiger partial charge in [0, 0.05) is 51.0 Å². The molecule has 1 aliphatic carbocycles. The summed E-state index contributed by atoms with van der Waals surface area (Å²) in [5, 5.41) is 25.4. The fourth-order valence-corrected chi connectivity index (χ4v) is 5.02. The van der Waals surface area contributed by atoms with Crippen LogP contribution in [0.5, 0.6) is 0 Å². The number of aliphatic imine (C=N–C) groups is 1. The molecular formula is C21H32ClN5O3S. The number of aliphatic hydroxyl groups excluding tert-OH is 2. The Morgan fingerprint density at radius 1 is 1.29 bits per heavy atom. The predicted octanol–water partition coefficient (Wildman–Crippen LogP) is 1.42. The first-order valence-corrected chi connectivity index (χ1v) is 11.9. The molecule has 0 spiro atoms. The normalized spacial score (nSPS) is 22.8. The van der Waals surface area contributed by atoms with E-state index in [2.05, 4.69) is 24.8 Å². The van der Waals surface area contributed by atoms with Crippen LogP contribution in [0.15, 0.2) is 29.3 Å². The number of halogens is 1. The molecule has 4 N–H and O–H groups in total. The molecule has 2 aliphatic rings. The van der Waals surface area contributed by atoms with E-state index in [1.165, 1.54) is 0 Å². The molecule has 0 bridgehead atoms. The first-order valence-electron chi connectivity index (χ1n) is 10.7. The fourth-order valence-electron chi connectivity index (χ4n) is 3.53. The second kappa shape index (κ2) is 12.0. The lowest BCUT2D eigenvalue weighted by atomic mass is 10.1. The topological polar surface area (TPSA) is 100 Å². The lowest BCUT2D eigenvalue weighted by Crippen LogP contribution is -2.48. The van der Waals surface area contributed by atoms with E-state index in [4.69, 9.17) is 16.7 Å². The summed E-state index contributed by atoms with van der Waals surface area (Å²) in [7, 11) is 1.69. The molecule has 0 aromatic heterocycles. The van der Waals surface area contributed by atoms with Crippen LogP contribution in [0.25, 0.3) is 0 Å². The molecule has 31 heavy (non-hydrogen) atoms. The van der Waals surface area contributed by atoms with E-state index < -0.39 is 6.04 Å². The Labute approximate surface area is 193 Å². The van der Waals surface area contributed by atoms with Crippen LogP contribution in [-0.4, -0.2) is 82.1 Å². The van der Waals surface area contributed by atoms with Crippen molar-refractivity contribution in [2.24, 2.45) is 4.99 Å². The van der Waals surface area contributed by atoms with Crippen LogP contribution in [0.1, 0.15) is 31.2 Å². The Hall–Kier alpha value is -1.36. The highest BCUT2D eigenvalue weighted by molar-refractivity contribution is 7.97. The molecule has 10 heteroatoms. The molecule has 172 valence electrons. The van der Waals surface area contributed by atoms with Crippen LogP contribution in [-0.2, 0) is 11.3 Å². The van der Waals surface area contributed by atoms with Crippen molar-refractivity contribution < 1.29 is 15.0 Å². The Morgan fingerprint density at radius 2 is 2.00 bits per heavy atom. The van der Waals surface area contributed by atoms with Crippen LogP contribution in [0.3, 0.4) is 0 Å². The number of benzene rings is 1. The van der Waals surface area contributed by atoms with Gasteiger partial charge in [0.2, 0.25) is 5.91 Å². The number of hydrogen-bond acceptors (Lipinski definition) is 7. The first kappa shape index (κ1) is 24.3. The van der Waals surface area contributed by atoms with Crippen LogP contribution >= 0.6 is 23.5 Å². The Morgan fingerprint density at radius 3 is 2.61 bits per heavy atom. The minimum Gasteiger partial charge on any atom is -0.396 e. The lowest BCUT2D eigenvalue weighted by Gasteiger charge is -2.31. The average molecular weight is 470 g/mol. The summed E-state index contributed by atoms with van der Waals surface area (Å²) in [6.07, 6.45) is 3.54. The molecule has 1 amide bonds. The Bertz CT molecular complexity index is 747. The van der Waals surface area contributed by atoms with Crippen molar-refractivity contribution in [2.45, 2.75) is 49.8 Å². The molecule has 8 nitrogen and oxygen atoms in total. The van der Waals surface area contributed by atoms with Gasteiger partial charge in [0.15, 0.2) is 0 Å². The zero-order valence-electron chi connectivity index (χ0n) is 17.8. The van der Waals surface area contributed by atoms with Gasteiger partial charge in [-0.3, -0.25) is 14.7 Å². The largest absolute Gasteiger partial charge is 0.396 e. The van der Waals surface area contributed by atoms with Gasteiger partial charge in [-0.25, -0.2) is 4.31 Å². The molecule has 1 aliphatic heterocycles. The molecule has 3 rings (SSSR count). The molecular weight excluding hydrogens is 438 g/mol. The van der Waals surface area contributed by atoms with Gasteiger partial charge in [0.25, 0.3) is 0 Å². The van der Waals surface area contributed by atoms with E-state index in [9.17, 15) is 9.90 Å². The van der Waals surface area contributed by atoms with Gasteiger partial charge in [0.05, 0.1) is 0 Å². The van der Waals surface area contributed by atoms with E-state index in [0.717, 1.165) is 24.9 Å². The minimum absolute atomic E-state index is 0.0338. The maximum absolute atomic E-state index is 13.1. The van der Waals surface area contributed by atoms with Gasteiger partial charge in [-0.05, 0) is 55.3 Å². The van der Waals surface area contributed by atoms with E-state index in [1.54, 1.807) is 19.0 Å². The SMILES string of the molecule is CN=C1NC(SN(CCCO)C2CC2)N(Cc2ccc(Cl)cc2)C1C(=O)NCCCO. The zero-order valence-corrected chi connectivity index (χ0v) is 19.4. The van der Waals surface area contributed by atoms with E-state index in [0.29, 0.717) is 42.8 Å². The van der Waals surface area contributed by atoms with Gasteiger partial charge in [-0.2, -0.15) is 0 Å². The van der Waals surface area contributed by atoms with Crippen LogP contribution < -0.4 is 10.6 Å². The minimum atomic E-state index is -0.546. The Kier molecular flexibility index (Phi) is 9.43. The van der Waals surface area contributed by atoms with Crippen LogP contribution in [0.4, 0.5) is 0 Å². The molecule has 1 aromatic rings. The number of carbonyl (C=O) groups is 1. The van der Waals surface area contributed by atoms with Gasteiger partial charge in [-0.15, -0.1) is 0 Å². The summed E-state index contributed by atoms with van der Waals surface area (Å²) in [6.45, 7) is 1.96. The highest BCUT2D eigenvalue weighted by Crippen LogP contribution is 2.36. The highest BCUT2D eigenvalue weighted by Gasteiger charge is 2.44. The van der Waals surface area contributed by atoms with E-state index in [1.807, 2.05) is 24.3 Å². The zero-order chi connectivity index (χ0) is 22.2. The van der Waals surface area contributed by atoms with Crippen LogP contribution in [0.2, 0.25) is 5.02 Å². The summed E-state index contributed by atoms with van der Waals surface area (Å²) in [5.74, 6) is 0.498. The first-order chi connectivity index (χ1) is 15.1. The van der Waals surface area contributed by atoms with Crippen molar-refractivity contribution >= 4 is 35.3 Å². The number of hydrogen-bond donors (Lipinski definition) is 4. The molecule has 0 radical (unpaired) electrons. The third kappa shape index (κ3) is 6.81. The maximum Gasteiger partial charge on any atom is 0.245 e. The van der Waals surface area contributed by atoms with Crippen molar-refractivity contribution in [1.29, 1.82) is 0 Å². The molecule has 2 fully saturated rings. The summed E-state index contributed by atoms with van der Waals surface area (Å²) in [6, 6.07) is 7.61. The van der Waals surface area contributed by atoms with Crippen molar-refractivity contribution in [1.82, 2.24) is 19.8 Å². The quantitative estimate of drug-likeness (QED) is 0.271. The van der Waals surface area contributed by atoms with Crippen molar-refractivity contribution in [3.8, 4) is 0 Å². The third-order valence-electron chi connectivity index (χ3n) is 5.29. The number of nitrogens with one attached hydrogen (secondary N) is 2. The highest BCUT2D eigenvalue weighted by atomic mass is 35.5. The van der Waals surface area contributed by atoms with Gasteiger partial charge < -0.3 is 20.8 Å². The standard InChI is InChI=1S/C21H32ClN5O3S/c1-23-19-18(20(30)24-10-2-12-28)26(14-15-4-6-16(22)7-5-15)21(25-19)31-27(11-3-13-29)17-8-9-17/h4-7,17-18,21,28-29H,2-3,8-14H2,1H3,(H,23,25)(H,24,30). The average Bonchev–Trinajstić information content (AvgIpc) is 3.56. The maximum atomic E-state index is 13.1. The second-order valence-electron chi connectivity index (χ2n) is 7.73. The molecule has 1 heterocycles. The van der Waals surface area contributed by atoms with Crippen molar-refractivity contribution in [3.63, 3.8) is 0 Å². The summed E-state index contributed by atoms with van der Waals surface area (Å²) in [5.41, 5.74) is 0.887. The third-order valence-corrected chi connectivity index (χ3v) is 6.88. The predicted molar refractivity (Wildman–Crippen MR) is 125 cm³/mol. The van der Waals surface area contributed by atoms with Gasteiger partial charge in [0.1, 0.15) is 17.4 Å². The fraction of sp³-hybridized carbons (Fsp3) is 0.619. The van der Waals surface area contributed by atoms with E-state index >= 15 is 0 Å². The molecule has 1 saturated carbocycles. The van der Waals surface area contributed by atoms with Gasteiger partial charge in [-0.1, -0.05) is 23.7 Å². The monoisotopic (exact) mass is 469 g/mol. The number of amides is 1. The summed E-state index contributed by atoms with van der Waals surface area (Å²) >= 11 is 7.72. The van der Waals surface area contributed by atoms with Crippen LogP contribution in [0, 0.1) is 0 Å². The number of aliphatic hydroxyl groups is 2. The molecule has 1 aromatic carbocycles. The lowest BCUT2D eigenvalue weighted by molar-refractivity contribution is -0.124. The number of carbonyl (C=O) groups excluding carboxylic acids is 1.